The van der Waals surface area contributed by atoms with Crippen molar-refractivity contribution in [1.82, 2.24) is 10.2 Å². The first kappa shape index (κ1) is 13.9. The normalized spacial score (nSPS) is 21.1. The Labute approximate surface area is 114 Å². The molecule has 1 unspecified atom stereocenters. The predicted molar refractivity (Wildman–Crippen MR) is 77.3 cm³/mol. The van der Waals surface area contributed by atoms with Crippen molar-refractivity contribution in [3.63, 3.8) is 0 Å². The lowest BCUT2D eigenvalue weighted by Crippen LogP contribution is -2.50. The SMILES string of the molecule is CNCC1COCCN1CCSc1ccccc1. The van der Waals surface area contributed by atoms with Crippen molar-refractivity contribution >= 4 is 11.8 Å². The van der Waals surface area contributed by atoms with E-state index in [1.54, 1.807) is 0 Å². The predicted octanol–water partition coefficient (Wildman–Crippen LogP) is 1.70. The molecule has 1 saturated heterocycles. The van der Waals surface area contributed by atoms with Gasteiger partial charge in [-0.05, 0) is 19.2 Å². The fourth-order valence-corrected chi connectivity index (χ4v) is 3.12. The third-order valence-electron chi connectivity index (χ3n) is 3.18. The van der Waals surface area contributed by atoms with E-state index < -0.39 is 0 Å². The summed E-state index contributed by atoms with van der Waals surface area (Å²) in [5, 5.41) is 3.25. The van der Waals surface area contributed by atoms with Crippen molar-refractivity contribution in [1.29, 1.82) is 0 Å². The van der Waals surface area contributed by atoms with E-state index in [-0.39, 0.29) is 0 Å². The lowest BCUT2D eigenvalue weighted by Gasteiger charge is -2.35. The summed E-state index contributed by atoms with van der Waals surface area (Å²) < 4.78 is 5.54. The van der Waals surface area contributed by atoms with E-state index in [0.29, 0.717) is 6.04 Å². The largest absolute Gasteiger partial charge is 0.378 e. The number of likely N-dealkylation sites (N-methyl/N-ethyl adjacent to an activating group) is 1. The van der Waals surface area contributed by atoms with Crippen LogP contribution in [0.5, 0.6) is 0 Å². The summed E-state index contributed by atoms with van der Waals surface area (Å²) in [4.78, 5) is 3.89. The molecular formula is C14H22N2OS. The van der Waals surface area contributed by atoms with E-state index in [4.69, 9.17) is 4.74 Å². The summed E-state index contributed by atoms with van der Waals surface area (Å²) in [6, 6.07) is 11.1. The van der Waals surface area contributed by atoms with Crippen molar-refractivity contribution in [3.8, 4) is 0 Å². The summed E-state index contributed by atoms with van der Waals surface area (Å²) in [5.74, 6) is 1.14. The summed E-state index contributed by atoms with van der Waals surface area (Å²) in [7, 11) is 2.01. The Kier molecular flexibility index (Phi) is 6.00. The molecule has 0 spiro atoms. The third-order valence-corrected chi connectivity index (χ3v) is 4.17. The van der Waals surface area contributed by atoms with Gasteiger partial charge >= 0.3 is 0 Å². The zero-order valence-electron chi connectivity index (χ0n) is 11.0. The Hall–Kier alpha value is -0.550. The smallest absolute Gasteiger partial charge is 0.0634 e. The van der Waals surface area contributed by atoms with Gasteiger partial charge in [-0.25, -0.2) is 0 Å². The highest BCUT2D eigenvalue weighted by atomic mass is 32.2. The number of ether oxygens (including phenoxy) is 1. The summed E-state index contributed by atoms with van der Waals surface area (Å²) in [6.45, 7) is 4.93. The Morgan fingerprint density at radius 2 is 2.22 bits per heavy atom. The van der Waals surface area contributed by atoms with Crippen LogP contribution in [-0.4, -0.2) is 56.6 Å². The number of morpholine rings is 1. The molecule has 1 atom stereocenters. The van der Waals surface area contributed by atoms with Gasteiger partial charge in [0.05, 0.1) is 13.2 Å². The van der Waals surface area contributed by atoms with Crippen LogP contribution < -0.4 is 5.32 Å². The van der Waals surface area contributed by atoms with Crippen molar-refractivity contribution in [2.75, 3.05) is 45.6 Å². The summed E-state index contributed by atoms with van der Waals surface area (Å²) in [6.07, 6.45) is 0. The Morgan fingerprint density at radius 1 is 1.39 bits per heavy atom. The average Bonchev–Trinajstić information content (AvgIpc) is 2.42. The van der Waals surface area contributed by atoms with Crippen LogP contribution in [0, 0.1) is 0 Å². The zero-order chi connectivity index (χ0) is 12.6. The van der Waals surface area contributed by atoms with Crippen molar-refractivity contribution in [2.45, 2.75) is 10.9 Å². The van der Waals surface area contributed by atoms with Crippen molar-refractivity contribution in [2.24, 2.45) is 0 Å². The summed E-state index contributed by atoms with van der Waals surface area (Å²) in [5.41, 5.74) is 0. The molecule has 0 radical (unpaired) electrons. The van der Waals surface area contributed by atoms with Crippen molar-refractivity contribution < 1.29 is 4.74 Å². The maximum atomic E-state index is 5.54. The van der Waals surface area contributed by atoms with E-state index in [9.17, 15) is 0 Å². The molecule has 1 heterocycles. The molecule has 1 aromatic carbocycles. The highest BCUT2D eigenvalue weighted by molar-refractivity contribution is 7.99. The van der Waals surface area contributed by atoms with Gasteiger partial charge in [0, 0.05) is 36.3 Å². The van der Waals surface area contributed by atoms with Gasteiger partial charge < -0.3 is 10.1 Å². The molecule has 2 rings (SSSR count). The van der Waals surface area contributed by atoms with E-state index in [1.807, 2.05) is 18.8 Å². The van der Waals surface area contributed by atoms with Crippen LogP contribution in [-0.2, 0) is 4.74 Å². The van der Waals surface area contributed by atoms with Crippen LogP contribution in [0.25, 0.3) is 0 Å². The fourth-order valence-electron chi connectivity index (χ4n) is 2.20. The fraction of sp³-hybridized carbons (Fsp3) is 0.571. The minimum absolute atomic E-state index is 0.528. The highest BCUT2D eigenvalue weighted by Crippen LogP contribution is 2.17. The third kappa shape index (κ3) is 4.28. The number of hydrogen-bond donors (Lipinski definition) is 1. The first-order chi connectivity index (χ1) is 8.90. The molecular weight excluding hydrogens is 244 g/mol. The second-order valence-corrected chi connectivity index (χ2v) is 5.65. The van der Waals surface area contributed by atoms with Gasteiger partial charge in [0.2, 0.25) is 0 Å². The highest BCUT2D eigenvalue weighted by Gasteiger charge is 2.21. The van der Waals surface area contributed by atoms with Gasteiger partial charge in [0.1, 0.15) is 0 Å². The molecule has 100 valence electrons. The van der Waals surface area contributed by atoms with Crippen LogP contribution >= 0.6 is 11.8 Å². The maximum absolute atomic E-state index is 5.54. The molecule has 0 aromatic heterocycles. The summed E-state index contributed by atoms with van der Waals surface area (Å²) >= 11 is 1.93. The van der Waals surface area contributed by atoms with Gasteiger partial charge in [-0.15, -0.1) is 11.8 Å². The number of hydrogen-bond acceptors (Lipinski definition) is 4. The number of rotatable bonds is 6. The Balaban J connectivity index is 1.74. The average molecular weight is 266 g/mol. The van der Waals surface area contributed by atoms with Gasteiger partial charge in [0.25, 0.3) is 0 Å². The second-order valence-electron chi connectivity index (χ2n) is 4.48. The molecule has 4 heteroatoms. The monoisotopic (exact) mass is 266 g/mol. The molecule has 0 aliphatic carbocycles. The lowest BCUT2D eigenvalue weighted by molar-refractivity contribution is -0.00296. The van der Waals surface area contributed by atoms with Gasteiger partial charge in [0.15, 0.2) is 0 Å². The quantitative estimate of drug-likeness (QED) is 0.792. The Bertz CT molecular complexity index is 332. The molecule has 0 saturated carbocycles. The Morgan fingerprint density at radius 3 is 3.00 bits per heavy atom. The zero-order valence-corrected chi connectivity index (χ0v) is 11.8. The topological polar surface area (TPSA) is 24.5 Å². The molecule has 18 heavy (non-hydrogen) atoms. The molecule has 0 bridgehead atoms. The number of nitrogens with one attached hydrogen (secondary N) is 1. The van der Waals surface area contributed by atoms with Crippen LogP contribution in [0.1, 0.15) is 0 Å². The maximum Gasteiger partial charge on any atom is 0.0634 e. The molecule has 0 amide bonds. The first-order valence-electron chi connectivity index (χ1n) is 6.54. The minimum Gasteiger partial charge on any atom is -0.378 e. The lowest BCUT2D eigenvalue weighted by atomic mass is 10.2. The van der Waals surface area contributed by atoms with E-state index in [0.717, 1.165) is 38.6 Å². The standard InChI is InChI=1S/C14H22N2OS/c1-15-11-13-12-17-9-7-16(13)8-10-18-14-5-3-2-4-6-14/h2-6,13,15H,7-12H2,1H3. The molecule has 1 aromatic rings. The van der Waals surface area contributed by atoms with Gasteiger partial charge in [-0.1, -0.05) is 18.2 Å². The van der Waals surface area contributed by atoms with E-state index in [1.165, 1.54) is 4.90 Å². The van der Waals surface area contributed by atoms with E-state index in [2.05, 4.69) is 40.5 Å². The van der Waals surface area contributed by atoms with Crippen LogP contribution in [0.15, 0.2) is 35.2 Å². The number of thioether (sulfide) groups is 1. The molecule has 1 N–H and O–H groups in total. The second kappa shape index (κ2) is 7.79. The first-order valence-corrected chi connectivity index (χ1v) is 7.53. The number of nitrogens with zero attached hydrogens (tertiary/aromatic N) is 1. The number of benzene rings is 1. The van der Waals surface area contributed by atoms with Crippen LogP contribution in [0.3, 0.4) is 0 Å². The molecule has 3 nitrogen and oxygen atoms in total. The molecule has 1 aliphatic heterocycles. The van der Waals surface area contributed by atoms with Gasteiger partial charge in [-0.2, -0.15) is 0 Å². The molecule has 1 aliphatic rings. The minimum atomic E-state index is 0.528. The van der Waals surface area contributed by atoms with E-state index >= 15 is 0 Å². The van der Waals surface area contributed by atoms with Crippen LogP contribution in [0.4, 0.5) is 0 Å². The van der Waals surface area contributed by atoms with Gasteiger partial charge in [-0.3, -0.25) is 4.90 Å². The van der Waals surface area contributed by atoms with Crippen molar-refractivity contribution in [3.05, 3.63) is 30.3 Å². The van der Waals surface area contributed by atoms with Crippen LogP contribution in [0.2, 0.25) is 0 Å². The molecule has 1 fully saturated rings.